The van der Waals surface area contributed by atoms with Gasteiger partial charge in [-0.05, 0) is 62.0 Å². The molecule has 0 aliphatic carbocycles. The second-order valence-electron chi connectivity index (χ2n) is 8.49. The van der Waals surface area contributed by atoms with E-state index in [-0.39, 0.29) is 17.0 Å². The van der Waals surface area contributed by atoms with Gasteiger partial charge in [-0.1, -0.05) is 0 Å². The highest BCUT2D eigenvalue weighted by Crippen LogP contribution is 2.37. The van der Waals surface area contributed by atoms with Crippen molar-refractivity contribution in [2.45, 2.75) is 38.3 Å². The lowest BCUT2D eigenvalue weighted by Gasteiger charge is -2.24. The molecule has 5 rings (SSSR count). The number of fused-ring (bicyclic) bond motifs is 1. The van der Waals surface area contributed by atoms with Crippen LogP contribution in [0.2, 0.25) is 0 Å². The molecule has 2 N–H and O–H groups in total. The van der Waals surface area contributed by atoms with Gasteiger partial charge in [0.2, 0.25) is 0 Å². The van der Waals surface area contributed by atoms with Gasteiger partial charge in [0.1, 0.15) is 12.0 Å². The SMILES string of the molecule is COc1cc(-c2[nH]nc(-c3cc(C)c(C4CCNCC4)cn3)c2CC(F)(F)F)cn2ncnc12. The first kappa shape index (κ1) is 22.3. The maximum Gasteiger partial charge on any atom is 0.393 e. The largest absolute Gasteiger partial charge is 0.493 e. The number of alkyl halides is 3. The highest BCUT2D eigenvalue weighted by molar-refractivity contribution is 5.75. The molecule has 0 aromatic carbocycles. The minimum atomic E-state index is -4.43. The van der Waals surface area contributed by atoms with Crippen LogP contribution in [0.5, 0.6) is 5.75 Å². The number of nitrogens with zero attached hydrogens (tertiary/aromatic N) is 5. The van der Waals surface area contributed by atoms with Crippen molar-refractivity contribution in [1.29, 1.82) is 0 Å². The minimum Gasteiger partial charge on any atom is -0.493 e. The molecule has 0 unspecified atom stereocenters. The maximum atomic E-state index is 13.6. The summed E-state index contributed by atoms with van der Waals surface area (Å²) in [6.45, 7) is 3.87. The van der Waals surface area contributed by atoms with E-state index in [2.05, 4.69) is 30.6 Å². The number of hydrogen-bond donors (Lipinski definition) is 2. The standard InChI is InChI=1S/C23H24F3N7O/c1-13-7-18(28-10-17(13)14-3-5-27-6-4-14)21-16(9-23(24,25)26)20(31-32-21)15-8-19(34-2)22-29-12-30-33(22)11-15/h7-8,10-12,14,27H,3-6,9H2,1-2H3,(H,31,32). The molecule has 4 aromatic rings. The summed E-state index contributed by atoms with van der Waals surface area (Å²) in [5.41, 5.74) is 3.92. The van der Waals surface area contributed by atoms with E-state index in [4.69, 9.17) is 4.74 Å². The highest BCUT2D eigenvalue weighted by atomic mass is 19.4. The fraction of sp³-hybridized carbons (Fsp3) is 0.391. The van der Waals surface area contributed by atoms with Crippen LogP contribution >= 0.6 is 0 Å². The normalized spacial score (nSPS) is 15.2. The quantitative estimate of drug-likeness (QED) is 0.456. The van der Waals surface area contributed by atoms with Gasteiger partial charge in [0, 0.05) is 23.5 Å². The summed E-state index contributed by atoms with van der Waals surface area (Å²) in [4.78, 5) is 8.66. The van der Waals surface area contributed by atoms with Crippen LogP contribution in [0.25, 0.3) is 28.3 Å². The van der Waals surface area contributed by atoms with E-state index in [1.807, 2.05) is 13.0 Å². The van der Waals surface area contributed by atoms with Crippen LogP contribution in [0.3, 0.4) is 0 Å². The van der Waals surface area contributed by atoms with E-state index < -0.39 is 12.6 Å². The van der Waals surface area contributed by atoms with Crippen molar-refractivity contribution < 1.29 is 17.9 Å². The molecule has 0 radical (unpaired) electrons. The fourth-order valence-electron chi connectivity index (χ4n) is 4.63. The zero-order valence-corrected chi connectivity index (χ0v) is 18.8. The number of methoxy groups -OCH3 is 1. The van der Waals surface area contributed by atoms with Crippen LogP contribution in [0, 0.1) is 6.92 Å². The molecule has 4 aromatic heterocycles. The van der Waals surface area contributed by atoms with Crippen LogP contribution in [0.1, 0.15) is 35.4 Å². The van der Waals surface area contributed by atoms with Gasteiger partial charge < -0.3 is 10.1 Å². The topological polar surface area (TPSA) is 93.0 Å². The van der Waals surface area contributed by atoms with Gasteiger partial charge in [-0.25, -0.2) is 9.50 Å². The van der Waals surface area contributed by atoms with Crippen molar-refractivity contribution in [3.05, 3.63) is 47.5 Å². The lowest BCUT2D eigenvalue weighted by atomic mass is 9.88. The number of ether oxygens (including phenoxy) is 1. The number of hydrogen-bond acceptors (Lipinski definition) is 6. The van der Waals surface area contributed by atoms with Crippen molar-refractivity contribution in [3.63, 3.8) is 0 Å². The predicted octanol–water partition coefficient (Wildman–Crippen LogP) is 4.07. The number of rotatable bonds is 5. The monoisotopic (exact) mass is 471 g/mol. The third-order valence-corrected chi connectivity index (χ3v) is 6.27. The highest BCUT2D eigenvalue weighted by Gasteiger charge is 2.33. The third-order valence-electron chi connectivity index (χ3n) is 6.27. The number of aromatic amines is 1. The molecule has 8 nitrogen and oxygen atoms in total. The fourth-order valence-corrected chi connectivity index (χ4v) is 4.63. The van der Waals surface area contributed by atoms with E-state index in [1.165, 1.54) is 18.0 Å². The van der Waals surface area contributed by atoms with E-state index in [1.54, 1.807) is 18.5 Å². The zero-order chi connectivity index (χ0) is 23.9. The first-order chi connectivity index (χ1) is 16.3. The van der Waals surface area contributed by atoms with E-state index in [0.717, 1.165) is 37.1 Å². The first-order valence-electron chi connectivity index (χ1n) is 11.0. The molecule has 178 valence electrons. The van der Waals surface area contributed by atoms with Gasteiger partial charge in [-0.15, -0.1) is 0 Å². The number of nitrogens with one attached hydrogen (secondary N) is 2. The summed E-state index contributed by atoms with van der Waals surface area (Å²) < 4.78 is 47.7. The van der Waals surface area contributed by atoms with Crippen LogP contribution in [-0.2, 0) is 6.42 Å². The van der Waals surface area contributed by atoms with Crippen molar-refractivity contribution in [2.24, 2.45) is 0 Å². The number of pyridine rings is 2. The van der Waals surface area contributed by atoms with E-state index in [9.17, 15) is 13.2 Å². The van der Waals surface area contributed by atoms with Gasteiger partial charge in [0.05, 0.1) is 24.9 Å². The molecule has 1 aliphatic heterocycles. The zero-order valence-electron chi connectivity index (χ0n) is 18.8. The Bertz CT molecular complexity index is 1320. The van der Waals surface area contributed by atoms with Gasteiger partial charge in [-0.3, -0.25) is 10.1 Å². The predicted molar refractivity (Wildman–Crippen MR) is 120 cm³/mol. The number of piperidine rings is 1. The first-order valence-corrected chi connectivity index (χ1v) is 11.0. The number of aromatic nitrogens is 6. The Labute approximate surface area is 193 Å². The Kier molecular flexibility index (Phi) is 5.72. The summed E-state index contributed by atoms with van der Waals surface area (Å²) >= 11 is 0. The molecular formula is C23H24F3N7O. The Morgan fingerprint density at radius 2 is 1.97 bits per heavy atom. The van der Waals surface area contributed by atoms with Crippen molar-refractivity contribution in [1.82, 2.24) is 35.1 Å². The molecule has 0 bridgehead atoms. The Hall–Kier alpha value is -3.47. The van der Waals surface area contributed by atoms with Crippen molar-refractivity contribution >= 4 is 5.65 Å². The van der Waals surface area contributed by atoms with E-state index in [0.29, 0.717) is 28.6 Å². The Morgan fingerprint density at radius 3 is 2.68 bits per heavy atom. The number of aryl methyl sites for hydroxylation is 1. The van der Waals surface area contributed by atoms with Crippen LogP contribution < -0.4 is 10.1 Å². The smallest absolute Gasteiger partial charge is 0.393 e. The van der Waals surface area contributed by atoms with E-state index >= 15 is 0 Å². The third kappa shape index (κ3) is 4.23. The van der Waals surface area contributed by atoms with Crippen molar-refractivity contribution in [3.8, 4) is 28.4 Å². The van der Waals surface area contributed by atoms with Gasteiger partial charge in [0.15, 0.2) is 11.4 Å². The molecule has 0 atom stereocenters. The summed E-state index contributed by atoms with van der Waals surface area (Å²) in [5.74, 6) is 0.790. The van der Waals surface area contributed by atoms with Crippen LogP contribution in [0.4, 0.5) is 13.2 Å². The van der Waals surface area contributed by atoms with Crippen LogP contribution in [0.15, 0.2) is 30.9 Å². The molecular weight excluding hydrogens is 447 g/mol. The molecule has 1 saturated heterocycles. The second-order valence-corrected chi connectivity index (χ2v) is 8.49. The molecule has 0 amide bonds. The summed E-state index contributed by atoms with van der Waals surface area (Å²) in [6.07, 6.45) is 1.19. The summed E-state index contributed by atoms with van der Waals surface area (Å²) in [5, 5.41) is 14.5. The number of H-pyrrole nitrogens is 1. The van der Waals surface area contributed by atoms with Gasteiger partial charge in [0.25, 0.3) is 0 Å². The Morgan fingerprint density at radius 1 is 1.18 bits per heavy atom. The summed E-state index contributed by atoms with van der Waals surface area (Å²) in [7, 11) is 1.47. The molecule has 5 heterocycles. The van der Waals surface area contributed by atoms with Gasteiger partial charge in [-0.2, -0.15) is 23.4 Å². The number of halogens is 3. The average molecular weight is 471 g/mol. The molecule has 11 heteroatoms. The van der Waals surface area contributed by atoms with Crippen molar-refractivity contribution in [2.75, 3.05) is 20.2 Å². The molecule has 34 heavy (non-hydrogen) atoms. The maximum absolute atomic E-state index is 13.6. The lowest BCUT2D eigenvalue weighted by molar-refractivity contribution is -0.127. The van der Waals surface area contributed by atoms with Gasteiger partial charge >= 0.3 is 6.18 Å². The van der Waals surface area contributed by atoms with Crippen LogP contribution in [-0.4, -0.2) is 56.2 Å². The molecule has 1 aliphatic rings. The lowest BCUT2D eigenvalue weighted by Crippen LogP contribution is -2.27. The minimum absolute atomic E-state index is 0.0236. The molecule has 0 saturated carbocycles. The molecule has 1 fully saturated rings. The average Bonchev–Trinajstić information content (AvgIpc) is 3.45. The second kappa shape index (κ2) is 8.71. The Balaban J connectivity index is 1.60. The molecule has 0 spiro atoms. The summed E-state index contributed by atoms with van der Waals surface area (Å²) in [6, 6.07) is 3.46.